The normalized spacial score (nSPS) is 10.7. The van der Waals surface area contributed by atoms with Crippen LogP contribution in [0.25, 0.3) is 22.0 Å². The maximum Gasteiger partial charge on any atom is 0.128 e. The summed E-state index contributed by atoms with van der Waals surface area (Å²) in [7, 11) is 1.55. The minimum absolute atomic E-state index is 0.339. The predicted octanol–water partition coefficient (Wildman–Crippen LogP) is 4.11. The molecule has 0 radical (unpaired) electrons. The number of nitrogens with one attached hydrogen (secondary N) is 1. The summed E-state index contributed by atoms with van der Waals surface area (Å²) in [5.74, 6) is 0.226. The average Bonchev–Trinajstić information content (AvgIpc) is 2.48. The Labute approximate surface area is 120 Å². The summed E-state index contributed by atoms with van der Waals surface area (Å²) in [6, 6.07) is 12.0. The number of methoxy groups -OCH3 is 1. The molecule has 1 aromatic heterocycles. The Morgan fingerprint density at radius 2 is 1.90 bits per heavy atom. The molecule has 100 valence electrons. The summed E-state index contributed by atoms with van der Waals surface area (Å²) in [6.45, 7) is 0. The molecule has 20 heavy (non-hydrogen) atoms. The minimum atomic E-state index is -0.339. The summed E-state index contributed by atoms with van der Waals surface area (Å²) in [5.41, 5.74) is 1.21. The number of ether oxygens (including phenoxy) is 1. The second-order valence-electron chi connectivity index (χ2n) is 4.29. The maximum absolute atomic E-state index is 13.5. The molecule has 3 rings (SSSR count). The Balaban J connectivity index is 2.39. The van der Waals surface area contributed by atoms with Gasteiger partial charge in [0.25, 0.3) is 0 Å². The number of benzene rings is 2. The van der Waals surface area contributed by atoms with Gasteiger partial charge in [-0.25, -0.2) is 4.39 Å². The molecule has 5 heteroatoms. The first-order valence-corrected chi connectivity index (χ1v) is 6.43. The SMILES string of the molecule is COc1ccc(F)cc1-c1n[nH]c(=S)c2ccccc12. The van der Waals surface area contributed by atoms with E-state index in [2.05, 4.69) is 10.2 Å². The van der Waals surface area contributed by atoms with Gasteiger partial charge >= 0.3 is 0 Å². The van der Waals surface area contributed by atoms with Gasteiger partial charge in [0.15, 0.2) is 0 Å². The quantitative estimate of drug-likeness (QED) is 0.720. The Morgan fingerprint density at radius 1 is 1.15 bits per heavy atom. The highest BCUT2D eigenvalue weighted by molar-refractivity contribution is 7.71. The molecule has 0 aliphatic heterocycles. The van der Waals surface area contributed by atoms with Crippen molar-refractivity contribution in [2.45, 2.75) is 0 Å². The number of nitrogens with zero attached hydrogens (tertiary/aromatic N) is 1. The lowest BCUT2D eigenvalue weighted by atomic mass is 10.0. The van der Waals surface area contributed by atoms with Gasteiger partial charge in [-0.3, -0.25) is 5.10 Å². The summed E-state index contributed by atoms with van der Waals surface area (Å²) in [4.78, 5) is 0. The van der Waals surface area contributed by atoms with E-state index in [1.807, 2.05) is 24.3 Å². The van der Waals surface area contributed by atoms with Gasteiger partial charge in [0.1, 0.15) is 21.9 Å². The van der Waals surface area contributed by atoms with Crippen LogP contribution in [0.5, 0.6) is 5.75 Å². The van der Waals surface area contributed by atoms with E-state index in [0.717, 1.165) is 10.8 Å². The fourth-order valence-electron chi connectivity index (χ4n) is 2.19. The molecule has 3 nitrogen and oxygen atoms in total. The molecule has 0 aliphatic carbocycles. The van der Waals surface area contributed by atoms with Crippen molar-refractivity contribution in [3.8, 4) is 17.0 Å². The standard InChI is InChI=1S/C15H11FN2OS/c1-19-13-7-6-9(16)8-12(13)14-10-4-2-3-5-11(10)15(20)18-17-14/h2-8H,1H3,(H,18,20). The number of hydrogen-bond donors (Lipinski definition) is 1. The number of H-pyrrole nitrogens is 1. The zero-order valence-corrected chi connectivity index (χ0v) is 11.5. The van der Waals surface area contributed by atoms with Crippen LogP contribution in [-0.4, -0.2) is 17.3 Å². The average molecular weight is 286 g/mol. The van der Waals surface area contributed by atoms with Gasteiger partial charge in [0, 0.05) is 16.3 Å². The first-order chi connectivity index (χ1) is 9.70. The number of aromatic nitrogens is 2. The van der Waals surface area contributed by atoms with Crippen molar-refractivity contribution < 1.29 is 9.13 Å². The van der Waals surface area contributed by atoms with E-state index in [1.54, 1.807) is 13.2 Å². The van der Waals surface area contributed by atoms with Gasteiger partial charge in [-0.05, 0) is 18.2 Å². The molecule has 0 aliphatic rings. The third-order valence-electron chi connectivity index (χ3n) is 3.11. The Morgan fingerprint density at radius 3 is 2.65 bits per heavy atom. The highest BCUT2D eigenvalue weighted by Gasteiger charge is 2.12. The summed E-state index contributed by atoms with van der Waals surface area (Å²) >= 11 is 5.23. The van der Waals surface area contributed by atoms with E-state index >= 15 is 0 Å². The first kappa shape index (κ1) is 12.7. The molecule has 0 spiro atoms. The van der Waals surface area contributed by atoms with E-state index in [0.29, 0.717) is 21.6 Å². The lowest BCUT2D eigenvalue weighted by Crippen LogP contribution is -1.95. The molecule has 1 N–H and O–H groups in total. The summed E-state index contributed by atoms with van der Waals surface area (Å²) in [5, 5.41) is 8.78. The largest absolute Gasteiger partial charge is 0.496 e. The van der Waals surface area contributed by atoms with Crippen molar-refractivity contribution in [1.29, 1.82) is 0 Å². The van der Waals surface area contributed by atoms with Gasteiger partial charge in [-0.1, -0.05) is 36.5 Å². The van der Waals surface area contributed by atoms with Crippen LogP contribution in [0.2, 0.25) is 0 Å². The lowest BCUT2D eigenvalue weighted by Gasteiger charge is -2.10. The van der Waals surface area contributed by atoms with E-state index in [-0.39, 0.29) is 5.82 Å². The Hall–Kier alpha value is -2.27. The zero-order valence-electron chi connectivity index (χ0n) is 10.7. The molecule has 2 aromatic carbocycles. The van der Waals surface area contributed by atoms with Crippen LogP contribution >= 0.6 is 12.2 Å². The number of hydrogen-bond acceptors (Lipinski definition) is 3. The third-order valence-corrected chi connectivity index (χ3v) is 3.42. The monoisotopic (exact) mass is 286 g/mol. The number of halogens is 1. The molecular weight excluding hydrogens is 275 g/mol. The topological polar surface area (TPSA) is 37.9 Å². The highest BCUT2D eigenvalue weighted by atomic mass is 32.1. The van der Waals surface area contributed by atoms with Crippen molar-refractivity contribution in [1.82, 2.24) is 10.2 Å². The van der Waals surface area contributed by atoms with E-state index in [1.165, 1.54) is 12.1 Å². The summed E-state index contributed by atoms with van der Waals surface area (Å²) in [6.07, 6.45) is 0. The fourth-order valence-corrected chi connectivity index (χ4v) is 2.41. The number of fused-ring (bicyclic) bond motifs is 1. The Kier molecular flexibility index (Phi) is 3.20. The molecule has 0 saturated carbocycles. The van der Waals surface area contributed by atoms with Crippen molar-refractivity contribution in [3.63, 3.8) is 0 Å². The van der Waals surface area contributed by atoms with Crippen molar-refractivity contribution in [2.24, 2.45) is 0 Å². The predicted molar refractivity (Wildman–Crippen MR) is 78.9 cm³/mol. The fraction of sp³-hybridized carbons (Fsp3) is 0.0667. The number of aromatic amines is 1. The molecular formula is C15H11FN2OS. The van der Waals surface area contributed by atoms with Gasteiger partial charge < -0.3 is 4.74 Å². The molecule has 0 unspecified atom stereocenters. The molecule has 1 heterocycles. The van der Waals surface area contributed by atoms with Crippen LogP contribution in [0, 0.1) is 10.5 Å². The minimum Gasteiger partial charge on any atom is -0.496 e. The molecule has 0 amide bonds. The highest BCUT2D eigenvalue weighted by Crippen LogP contribution is 2.33. The first-order valence-electron chi connectivity index (χ1n) is 6.02. The molecule has 0 bridgehead atoms. The van der Waals surface area contributed by atoms with Crippen LogP contribution in [0.4, 0.5) is 4.39 Å². The van der Waals surface area contributed by atoms with Crippen LogP contribution in [0.1, 0.15) is 0 Å². The zero-order chi connectivity index (χ0) is 14.1. The summed E-state index contributed by atoms with van der Waals surface area (Å²) < 4.78 is 19.4. The molecule has 0 atom stereocenters. The lowest BCUT2D eigenvalue weighted by molar-refractivity contribution is 0.415. The maximum atomic E-state index is 13.5. The second-order valence-corrected chi connectivity index (χ2v) is 4.70. The van der Waals surface area contributed by atoms with Gasteiger partial charge in [0.05, 0.1) is 7.11 Å². The van der Waals surface area contributed by atoms with Crippen molar-refractivity contribution in [2.75, 3.05) is 7.11 Å². The number of rotatable bonds is 2. The third kappa shape index (κ3) is 2.06. The smallest absolute Gasteiger partial charge is 0.128 e. The van der Waals surface area contributed by atoms with E-state index in [4.69, 9.17) is 17.0 Å². The van der Waals surface area contributed by atoms with Crippen molar-refractivity contribution >= 4 is 23.0 Å². The molecule has 0 saturated heterocycles. The van der Waals surface area contributed by atoms with Crippen LogP contribution in [0.3, 0.4) is 0 Å². The van der Waals surface area contributed by atoms with Gasteiger partial charge in [-0.15, -0.1) is 0 Å². The van der Waals surface area contributed by atoms with Gasteiger partial charge in [-0.2, -0.15) is 5.10 Å². The van der Waals surface area contributed by atoms with Crippen molar-refractivity contribution in [3.05, 3.63) is 52.9 Å². The van der Waals surface area contributed by atoms with Crippen LogP contribution in [-0.2, 0) is 0 Å². The molecule has 0 fully saturated rings. The second kappa shape index (κ2) is 5.02. The van der Waals surface area contributed by atoms with Crippen LogP contribution < -0.4 is 4.74 Å². The van der Waals surface area contributed by atoms with Crippen LogP contribution in [0.15, 0.2) is 42.5 Å². The molecule has 3 aromatic rings. The van der Waals surface area contributed by atoms with Gasteiger partial charge in [0.2, 0.25) is 0 Å². The van der Waals surface area contributed by atoms with E-state index in [9.17, 15) is 4.39 Å². The van der Waals surface area contributed by atoms with E-state index < -0.39 is 0 Å². The Bertz CT molecular complexity index is 845.